The van der Waals surface area contributed by atoms with E-state index in [0.717, 1.165) is 31.8 Å². The molecular formula is C13H22N4. The van der Waals surface area contributed by atoms with Crippen LogP contribution in [0.1, 0.15) is 30.1 Å². The number of nitrogens with one attached hydrogen (secondary N) is 2. The molecule has 0 unspecified atom stereocenters. The van der Waals surface area contributed by atoms with Crippen molar-refractivity contribution < 1.29 is 0 Å². The third-order valence-corrected chi connectivity index (χ3v) is 4.15. The van der Waals surface area contributed by atoms with Crippen molar-refractivity contribution in [1.29, 1.82) is 0 Å². The summed E-state index contributed by atoms with van der Waals surface area (Å²) >= 11 is 0. The highest BCUT2D eigenvalue weighted by atomic mass is 15.1. The van der Waals surface area contributed by atoms with E-state index in [2.05, 4.69) is 22.2 Å². The molecule has 2 N–H and O–H groups in total. The molecule has 2 aliphatic heterocycles. The van der Waals surface area contributed by atoms with Gasteiger partial charge in [0.05, 0.1) is 5.69 Å². The molecule has 0 aliphatic carbocycles. The maximum Gasteiger partial charge on any atom is 0.109 e. The molecule has 17 heavy (non-hydrogen) atoms. The summed E-state index contributed by atoms with van der Waals surface area (Å²) in [6, 6.07) is 0. The van der Waals surface area contributed by atoms with Gasteiger partial charge in [0.25, 0.3) is 0 Å². The van der Waals surface area contributed by atoms with E-state index in [-0.39, 0.29) is 0 Å². The third-order valence-electron chi connectivity index (χ3n) is 4.15. The van der Waals surface area contributed by atoms with Crippen LogP contribution in [-0.4, -0.2) is 29.2 Å². The smallest absolute Gasteiger partial charge is 0.109 e. The predicted octanol–water partition coefficient (Wildman–Crippen LogP) is 0.608. The highest BCUT2D eigenvalue weighted by Gasteiger charge is 2.21. The van der Waals surface area contributed by atoms with Gasteiger partial charge in [-0.25, -0.2) is 4.98 Å². The van der Waals surface area contributed by atoms with Gasteiger partial charge >= 0.3 is 0 Å². The van der Waals surface area contributed by atoms with E-state index in [1.807, 2.05) is 0 Å². The Hall–Kier alpha value is -0.870. The molecule has 1 aromatic rings. The van der Waals surface area contributed by atoms with Crippen LogP contribution in [0.3, 0.4) is 0 Å². The van der Waals surface area contributed by atoms with Gasteiger partial charge in [-0.1, -0.05) is 0 Å². The van der Waals surface area contributed by atoms with Crippen molar-refractivity contribution >= 4 is 0 Å². The van der Waals surface area contributed by atoms with Crippen LogP contribution in [0.2, 0.25) is 0 Å². The molecule has 2 aliphatic rings. The third kappa shape index (κ3) is 2.24. The molecule has 4 heteroatoms. The Morgan fingerprint density at radius 2 is 2.06 bits per heavy atom. The molecule has 94 valence electrons. The first kappa shape index (κ1) is 11.2. The fraction of sp³-hybridized carbons (Fsp3) is 0.769. The average Bonchev–Trinajstić information content (AvgIpc) is 2.68. The monoisotopic (exact) mass is 234 g/mol. The maximum atomic E-state index is 4.82. The van der Waals surface area contributed by atoms with Gasteiger partial charge in [-0.3, -0.25) is 0 Å². The summed E-state index contributed by atoms with van der Waals surface area (Å²) in [5.74, 6) is 2.12. The van der Waals surface area contributed by atoms with Crippen molar-refractivity contribution in [2.24, 2.45) is 13.0 Å². The zero-order chi connectivity index (χ0) is 11.7. The van der Waals surface area contributed by atoms with Crippen LogP contribution < -0.4 is 10.6 Å². The van der Waals surface area contributed by atoms with E-state index < -0.39 is 0 Å². The van der Waals surface area contributed by atoms with E-state index in [9.17, 15) is 0 Å². The van der Waals surface area contributed by atoms with Crippen molar-refractivity contribution in [3.05, 3.63) is 17.2 Å². The summed E-state index contributed by atoms with van der Waals surface area (Å²) in [6.07, 6.45) is 4.89. The Bertz CT molecular complexity index is 390. The van der Waals surface area contributed by atoms with E-state index in [1.165, 1.54) is 43.1 Å². The van der Waals surface area contributed by atoms with Gasteiger partial charge in [0.1, 0.15) is 5.82 Å². The van der Waals surface area contributed by atoms with Crippen LogP contribution in [-0.2, 0) is 26.4 Å². The maximum absolute atomic E-state index is 4.82. The Morgan fingerprint density at radius 3 is 2.82 bits per heavy atom. The van der Waals surface area contributed by atoms with E-state index in [1.54, 1.807) is 0 Å². The van der Waals surface area contributed by atoms with Crippen LogP contribution in [0.5, 0.6) is 0 Å². The van der Waals surface area contributed by atoms with E-state index >= 15 is 0 Å². The average molecular weight is 234 g/mol. The number of hydrogen-bond donors (Lipinski definition) is 2. The predicted molar refractivity (Wildman–Crippen MR) is 67.9 cm³/mol. The SMILES string of the molecule is Cn1c(CC2CCNCC2)nc2c1CCNC2. The zero-order valence-corrected chi connectivity index (χ0v) is 10.6. The zero-order valence-electron chi connectivity index (χ0n) is 10.6. The van der Waals surface area contributed by atoms with Crippen LogP contribution in [0.25, 0.3) is 0 Å². The fourth-order valence-corrected chi connectivity index (χ4v) is 3.04. The minimum absolute atomic E-state index is 0.826. The molecule has 0 radical (unpaired) electrons. The molecular weight excluding hydrogens is 212 g/mol. The molecule has 0 aromatic carbocycles. The van der Waals surface area contributed by atoms with E-state index in [0.29, 0.717) is 0 Å². The van der Waals surface area contributed by atoms with Gasteiger partial charge < -0.3 is 15.2 Å². The summed E-state index contributed by atoms with van der Waals surface area (Å²) < 4.78 is 2.35. The fourth-order valence-electron chi connectivity index (χ4n) is 3.04. The number of rotatable bonds is 2. The lowest BCUT2D eigenvalue weighted by Gasteiger charge is -2.22. The molecule has 0 bridgehead atoms. The van der Waals surface area contributed by atoms with Gasteiger partial charge in [0, 0.05) is 38.7 Å². The lowest BCUT2D eigenvalue weighted by atomic mass is 9.94. The standard InChI is InChI=1S/C13H22N4/c1-17-12-4-7-15-9-11(12)16-13(17)8-10-2-5-14-6-3-10/h10,14-15H,2-9H2,1H3. The quantitative estimate of drug-likeness (QED) is 0.788. The Balaban J connectivity index is 1.76. The van der Waals surface area contributed by atoms with Crippen molar-refractivity contribution in [1.82, 2.24) is 20.2 Å². The number of piperidine rings is 1. The molecule has 0 saturated carbocycles. The molecule has 1 fully saturated rings. The van der Waals surface area contributed by atoms with Crippen molar-refractivity contribution in [2.45, 2.75) is 32.2 Å². The van der Waals surface area contributed by atoms with Gasteiger partial charge in [-0.15, -0.1) is 0 Å². The first-order valence-corrected chi connectivity index (χ1v) is 6.79. The molecule has 0 atom stereocenters. The van der Waals surface area contributed by atoms with Gasteiger partial charge in [0.15, 0.2) is 0 Å². The number of aromatic nitrogens is 2. The Kier molecular flexibility index (Phi) is 3.16. The molecule has 0 spiro atoms. The molecule has 1 aromatic heterocycles. The first-order chi connectivity index (χ1) is 8.34. The largest absolute Gasteiger partial charge is 0.335 e. The van der Waals surface area contributed by atoms with Crippen molar-refractivity contribution in [2.75, 3.05) is 19.6 Å². The summed E-state index contributed by atoms with van der Waals surface area (Å²) in [7, 11) is 2.19. The van der Waals surface area contributed by atoms with Gasteiger partial charge in [0.2, 0.25) is 0 Å². The summed E-state index contributed by atoms with van der Waals surface area (Å²) in [4.78, 5) is 4.82. The number of fused-ring (bicyclic) bond motifs is 1. The number of imidazole rings is 1. The Morgan fingerprint density at radius 1 is 1.24 bits per heavy atom. The van der Waals surface area contributed by atoms with E-state index in [4.69, 9.17) is 4.98 Å². The summed E-state index contributed by atoms with van der Waals surface area (Å²) in [6.45, 7) is 4.40. The topological polar surface area (TPSA) is 41.9 Å². The van der Waals surface area contributed by atoms with Crippen LogP contribution in [0, 0.1) is 5.92 Å². The highest BCUT2D eigenvalue weighted by molar-refractivity contribution is 5.20. The molecule has 0 amide bonds. The second-order valence-corrected chi connectivity index (χ2v) is 5.30. The number of hydrogen-bond acceptors (Lipinski definition) is 3. The summed E-state index contributed by atoms with van der Waals surface area (Å²) in [5.41, 5.74) is 2.73. The Labute approximate surface area is 103 Å². The minimum Gasteiger partial charge on any atom is -0.335 e. The highest BCUT2D eigenvalue weighted by Crippen LogP contribution is 2.21. The molecule has 3 heterocycles. The molecule has 3 rings (SSSR count). The second kappa shape index (κ2) is 4.78. The van der Waals surface area contributed by atoms with Crippen LogP contribution >= 0.6 is 0 Å². The second-order valence-electron chi connectivity index (χ2n) is 5.30. The molecule has 1 saturated heterocycles. The lowest BCUT2D eigenvalue weighted by molar-refractivity contribution is 0.364. The lowest BCUT2D eigenvalue weighted by Crippen LogP contribution is -2.29. The van der Waals surface area contributed by atoms with Crippen molar-refractivity contribution in [3.63, 3.8) is 0 Å². The van der Waals surface area contributed by atoms with Gasteiger partial charge in [-0.05, 0) is 31.8 Å². The first-order valence-electron chi connectivity index (χ1n) is 6.79. The minimum atomic E-state index is 0.826. The number of nitrogens with zero attached hydrogens (tertiary/aromatic N) is 2. The van der Waals surface area contributed by atoms with Crippen LogP contribution in [0.4, 0.5) is 0 Å². The van der Waals surface area contributed by atoms with Crippen LogP contribution in [0.15, 0.2) is 0 Å². The van der Waals surface area contributed by atoms with Crippen molar-refractivity contribution in [3.8, 4) is 0 Å². The summed E-state index contributed by atoms with van der Waals surface area (Å²) in [5, 5.41) is 6.83. The normalized spacial score (nSPS) is 21.5. The molecule has 4 nitrogen and oxygen atoms in total. The van der Waals surface area contributed by atoms with Gasteiger partial charge in [-0.2, -0.15) is 0 Å².